The zero-order chi connectivity index (χ0) is 16.5. The lowest BCUT2D eigenvalue weighted by molar-refractivity contribution is 0.253. The quantitative estimate of drug-likeness (QED) is 0.854. The van der Waals surface area contributed by atoms with Crippen molar-refractivity contribution in [1.29, 1.82) is 0 Å². The van der Waals surface area contributed by atoms with Crippen molar-refractivity contribution in [3.63, 3.8) is 0 Å². The van der Waals surface area contributed by atoms with Crippen LogP contribution in [0, 0.1) is 11.8 Å². The highest BCUT2D eigenvalue weighted by Gasteiger charge is 2.00. The number of rotatable bonds is 4. The Balaban J connectivity index is 1.84. The smallest absolute Gasteiger partial charge is 0.319 e. The number of urea groups is 1. The Kier molecular flexibility index (Phi) is 5.89. The maximum absolute atomic E-state index is 11.8. The maximum atomic E-state index is 11.8. The molecule has 0 saturated heterocycles. The third kappa shape index (κ3) is 4.97. The van der Waals surface area contributed by atoms with Gasteiger partial charge in [-0.25, -0.2) is 4.79 Å². The molecule has 23 heavy (non-hydrogen) atoms. The fraction of sp³-hybridized carbons (Fsp3) is 0.167. The number of methoxy groups -OCH3 is 2. The van der Waals surface area contributed by atoms with Crippen LogP contribution in [0.1, 0.15) is 5.56 Å². The Morgan fingerprint density at radius 3 is 2.48 bits per heavy atom. The van der Waals surface area contributed by atoms with Crippen LogP contribution in [0.15, 0.2) is 48.5 Å². The summed E-state index contributed by atoms with van der Waals surface area (Å²) in [5.41, 5.74) is 1.47. The molecule has 0 aliphatic carbocycles. The number of carbonyl (C=O) groups excluding carboxylic acids is 1. The highest BCUT2D eigenvalue weighted by atomic mass is 16.5. The molecule has 0 bridgehead atoms. The number of nitrogens with one attached hydrogen (secondary N) is 2. The van der Waals surface area contributed by atoms with E-state index in [0.29, 0.717) is 11.4 Å². The minimum atomic E-state index is -0.315. The molecule has 0 saturated carbocycles. The van der Waals surface area contributed by atoms with Gasteiger partial charge >= 0.3 is 6.03 Å². The van der Waals surface area contributed by atoms with E-state index in [0.717, 1.165) is 11.3 Å². The van der Waals surface area contributed by atoms with Gasteiger partial charge in [-0.3, -0.25) is 0 Å². The lowest BCUT2D eigenvalue weighted by atomic mass is 10.2. The predicted octanol–water partition coefficient (Wildman–Crippen LogP) is 2.88. The van der Waals surface area contributed by atoms with Crippen molar-refractivity contribution in [2.24, 2.45) is 0 Å². The average Bonchev–Trinajstić information content (AvgIpc) is 2.59. The van der Waals surface area contributed by atoms with E-state index in [2.05, 4.69) is 22.5 Å². The number of amides is 2. The second kappa shape index (κ2) is 8.35. The van der Waals surface area contributed by atoms with E-state index in [1.807, 2.05) is 24.3 Å². The molecule has 0 radical (unpaired) electrons. The minimum absolute atomic E-state index is 0.236. The molecular formula is C18H18N2O3. The summed E-state index contributed by atoms with van der Waals surface area (Å²) in [6, 6.07) is 14.2. The van der Waals surface area contributed by atoms with Crippen molar-refractivity contribution in [3.05, 3.63) is 54.1 Å². The Morgan fingerprint density at radius 1 is 1.04 bits per heavy atom. The molecule has 0 aromatic heterocycles. The van der Waals surface area contributed by atoms with E-state index in [-0.39, 0.29) is 12.6 Å². The second-order valence-corrected chi connectivity index (χ2v) is 4.54. The van der Waals surface area contributed by atoms with Gasteiger partial charge in [0, 0.05) is 5.69 Å². The van der Waals surface area contributed by atoms with Crippen LogP contribution in [0.3, 0.4) is 0 Å². The van der Waals surface area contributed by atoms with Gasteiger partial charge in [0.05, 0.1) is 26.3 Å². The normalized spacial score (nSPS) is 9.30. The van der Waals surface area contributed by atoms with Gasteiger partial charge < -0.3 is 20.1 Å². The summed E-state index contributed by atoms with van der Waals surface area (Å²) in [5, 5.41) is 5.39. The summed E-state index contributed by atoms with van der Waals surface area (Å²) in [6.45, 7) is 0.236. The first-order valence-corrected chi connectivity index (χ1v) is 7.03. The first-order valence-electron chi connectivity index (χ1n) is 7.03. The first kappa shape index (κ1) is 16.2. The number of hydrogen-bond acceptors (Lipinski definition) is 3. The van der Waals surface area contributed by atoms with Gasteiger partial charge in [0.2, 0.25) is 0 Å². The molecule has 0 atom stereocenters. The van der Waals surface area contributed by atoms with Gasteiger partial charge in [0.25, 0.3) is 0 Å². The van der Waals surface area contributed by atoms with Crippen LogP contribution in [0.5, 0.6) is 11.5 Å². The molecule has 5 nitrogen and oxygen atoms in total. The summed E-state index contributed by atoms with van der Waals surface area (Å²) in [6.07, 6.45) is 0. The largest absolute Gasteiger partial charge is 0.497 e. The molecule has 0 unspecified atom stereocenters. The van der Waals surface area contributed by atoms with Crippen LogP contribution in [0.4, 0.5) is 10.5 Å². The third-order valence-electron chi connectivity index (χ3n) is 3.02. The fourth-order valence-corrected chi connectivity index (χ4v) is 1.86. The molecule has 2 N–H and O–H groups in total. The van der Waals surface area contributed by atoms with E-state index >= 15 is 0 Å². The molecule has 0 aliphatic heterocycles. The van der Waals surface area contributed by atoms with Gasteiger partial charge in [-0.05, 0) is 36.4 Å². The summed E-state index contributed by atoms with van der Waals surface area (Å²) < 4.78 is 10.3. The lowest BCUT2D eigenvalue weighted by Crippen LogP contribution is -2.28. The molecular weight excluding hydrogens is 292 g/mol. The molecule has 118 valence electrons. The van der Waals surface area contributed by atoms with E-state index in [1.54, 1.807) is 38.5 Å². The minimum Gasteiger partial charge on any atom is -0.497 e. The first-order chi connectivity index (χ1) is 11.2. The number of ether oxygens (including phenoxy) is 2. The van der Waals surface area contributed by atoms with Crippen LogP contribution < -0.4 is 20.1 Å². The number of hydrogen-bond donors (Lipinski definition) is 2. The van der Waals surface area contributed by atoms with Gasteiger partial charge in [-0.2, -0.15) is 0 Å². The molecule has 0 fully saturated rings. The van der Waals surface area contributed by atoms with E-state index in [4.69, 9.17) is 9.47 Å². The standard InChI is InChI=1S/C18H18N2O3/c1-22-16-11-9-15(10-12-16)20-18(21)19-13-5-7-14-6-3-4-8-17(14)23-2/h3-4,6,8-12H,13H2,1-2H3,(H2,19,20,21). The van der Waals surface area contributed by atoms with Crippen molar-refractivity contribution in [2.75, 3.05) is 26.1 Å². The van der Waals surface area contributed by atoms with Gasteiger partial charge in [0.1, 0.15) is 11.5 Å². The van der Waals surface area contributed by atoms with Crippen LogP contribution in [-0.2, 0) is 0 Å². The Labute approximate surface area is 135 Å². The monoisotopic (exact) mass is 310 g/mol. The van der Waals surface area contributed by atoms with Crippen molar-refractivity contribution in [3.8, 4) is 23.3 Å². The SMILES string of the molecule is COc1ccc(NC(=O)NCC#Cc2ccccc2OC)cc1. The Hall–Kier alpha value is -3.13. The number of benzene rings is 2. The van der Waals surface area contributed by atoms with Crippen molar-refractivity contribution >= 4 is 11.7 Å². The zero-order valence-electron chi connectivity index (χ0n) is 13.1. The molecule has 0 heterocycles. The van der Waals surface area contributed by atoms with Crippen LogP contribution >= 0.6 is 0 Å². The summed E-state index contributed by atoms with van der Waals surface area (Å²) in [4.78, 5) is 11.8. The van der Waals surface area contributed by atoms with E-state index in [9.17, 15) is 4.79 Å². The summed E-state index contributed by atoms with van der Waals surface area (Å²) in [5.74, 6) is 7.30. The molecule has 5 heteroatoms. The van der Waals surface area contributed by atoms with Gasteiger partial charge in [-0.15, -0.1) is 0 Å². The lowest BCUT2D eigenvalue weighted by Gasteiger charge is -2.06. The second-order valence-electron chi connectivity index (χ2n) is 4.54. The zero-order valence-corrected chi connectivity index (χ0v) is 13.1. The Bertz CT molecular complexity index is 715. The molecule has 2 aromatic rings. The van der Waals surface area contributed by atoms with Crippen molar-refractivity contribution < 1.29 is 14.3 Å². The highest BCUT2D eigenvalue weighted by Crippen LogP contribution is 2.15. The van der Waals surface area contributed by atoms with E-state index < -0.39 is 0 Å². The number of anilines is 1. The fourth-order valence-electron chi connectivity index (χ4n) is 1.86. The predicted molar refractivity (Wildman–Crippen MR) is 89.9 cm³/mol. The van der Waals surface area contributed by atoms with Gasteiger partial charge in [0.15, 0.2) is 0 Å². The molecule has 2 aromatic carbocycles. The van der Waals surface area contributed by atoms with Crippen molar-refractivity contribution in [2.45, 2.75) is 0 Å². The molecule has 0 spiro atoms. The average molecular weight is 310 g/mol. The topological polar surface area (TPSA) is 59.6 Å². The number of carbonyl (C=O) groups is 1. The summed E-state index contributed by atoms with van der Waals surface area (Å²) in [7, 11) is 3.19. The highest BCUT2D eigenvalue weighted by molar-refractivity contribution is 5.89. The van der Waals surface area contributed by atoms with Crippen LogP contribution in [-0.4, -0.2) is 26.8 Å². The van der Waals surface area contributed by atoms with Crippen LogP contribution in [0.25, 0.3) is 0 Å². The molecule has 2 amide bonds. The maximum Gasteiger partial charge on any atom is 0.319 e. The summed E-state index contributed by atoms with van der Waals surface area (Å²) >= 11 is 0. The van der Waals surface area contributed by atoms with Gasteiger partial charge in [-0.1, -0.05) is 24.0 Å². The number of para-hydroxylation sites is 1. The molecule has 0 aliphatic rings. The molecule has 2 rings (SSSR count). The Morgan fingerprint density at radius 2 is 1.78 bits per heavy atom. The third-order valence-corrected chi connectivity index (χ3v) is 3.02. The van der Waals surface area contributed by atoms with Crippen LogP contribution in [0.2, 0.25) is 0 Å². The van der Waals surface area contributed by atoms with Crippen molar-refractivity contribution in [1.82, 2.24) is 5.32 Å². The van der Waals surface area contributed by atoms with E-state index in [1.165, 1.54) is 0 Å².